The Balaban J connectivity index is 0.00000176. The van der Waals surface area contributed by atoms with Gasteiger partial charge in [0.25, 0.3) is 0 Å². The van der Waals surface area contributed by atoms with Crippen molar-refractivity contribution >= 4 is 23.7 Å². The van der Waals surface area contributed by atoms with E-state index in [1.54, 1.807) is 23.5 Å². The minimum absolute atomic E-state index is 0. The molecule has 0 bridgehead atoms. The molecule has 0 aliphatic carbocycles. The van der Waals surface area contributed by atoms with Crippen LogP contribution < -0.4 is 5.32 Å². The van der Waals surface area contributed by atoms with E-state index in [1.165, 1.54) is 10.9 Å². The molecule has 22 heavy (non-hydrogen) atoms. The predicted molar refractivity (Wildman–Crippen MR) is 91.3 cm³/mol. The number of halogens is 2. The molecule has 0 saturated carbocycles. The lowest BCUT2D eigenvalue weighted by molar-refractivity contribution is 0.154. The fraction of sp³-hybridized carbons (Fsp3) is 0.438. The van der Waals surface area contributed by atoms with Crippen molar-refractivity contribution in [3.05, 3.63) is 51.2 Å². The molecule has 1 N–H and O–H groups in total. The van der Waals surface area contributed by atoms with Crippen molar-refractivity contribution in [2.24, 2.45) is 0 Å². The Morgan fingerprint density at radius 3 is 2.91 bits per heavy atom. The Bertz CT molecular complexity index is 632. The second-order valence-corrected chi connectivity index (χ2v) is 6.77. The minimum atomic E-state index is -0.164. The van der Waals surface area contributed by atoms with Crippen LogP contribution in [0.4, 0.5) is 4.39 Å². The summed E-state index contributed by atoms with van der Waals surface area (Å²) in [7, 11) is 0. The molecule has 1 atom stereocenters. The van der Waals surface area contributed by atoms with Gasteiger partial charge in [-0.1, -0.05) is 12.1 Å². The molecule has 0 spiro atoms. The van der Waals surface area contributed by atoms with Crippen LogP contribution in [0.3, 0.4) is 0 Å². The van der Waals surface area contributed by atoms with Crippen molar-refractivity contribution in [3.63, 3.8) is 0 Å². The molecular formula is C16H21ClFN3S. The number of nitrogens with zero attached hydrogens (tertiary/aromatic N) is 2. The summed E-state index contributed by atoms with van der Waals surface area (Å²) in [5, 5.41) is 4.52. The first-order valence-electron chi connectivity index (χ1n) is 7.26. The molecule has 120 valence electrons. The average Bonchev–Trinajstić information content (AvgIpc) is 2.77. The van der Waals surface area contributed by atoms with Gasteiger partial charge in [-0.15, -0.1) is 23.7 Å². The van der Waals surface area contributed by atoms with E-state index in [-0.39, 0.29) is 24.3 Å². The summed E-state index contributed by atoms with van der Waals surface area (Å²) in [5.74, 6) is -0.164. The summed E-state index contributed by atoms with van der Waals surface area (Å²) >= 11 is 1.76. The quantitative estimate of drug-likeness (QED) is 0.926. The molecule has 1 saturated heterocycles. The van der Waals surface area contributed by atoms with Gasteiger partial charge in [-0.3, -0.25) is 4.90 Å². The van der Waals surface area contributed by atoms with Gasteiger partial charge >= 0.3 is 0 Å². The first-order valence-corrected chi connectivity index (χ1v) is 8.08. The largest absolute Gasteiger partial charge is 0.314 e. The fourth-order valence-corrected chi connectivity index (χ4v) is 3.85. The maximum Gasteiger partial charge on any atom is 0.123 e. The molecule has 0 radical (unpaired) electrons. The lowest BCUT2D eigenvalue weighted by Gasteiger charge is -2.36. The highest BCUT2D eigenvalue weighted by Gasteiger charge is 2.25. The van der Waals surface area contributed by atoms with Crippen LogP contribution in [0.2, 0.25) is 0 Å². The molecule has 2 aromatic rings. The third-order valence-electron chi connectivity index (χ3n) is 3.93. The molecule has 1 unspecified atom stereocenters. The van der Waals surface area contributed by atoms with Crippen molar-refractivity contribution in [2.45, 2.75) is 26.4 Å². The second kappa shape index (κ2) is 7.51. The van der Waals surface area contributed by atoms with E-state index in [4.69, 9.17) is 0 Å². The average molecular weight is 342 g/mol. The lowest BCUT2D eigenvalue weighted by atomic mass is 10.0. The molecule has 3 rings (SSSR count). The van der Waals surface area contributed by atoms with Crippen LogP contribution in [0, 0.1) is 19.7 Å². The van der Waals surface area contributed by atoms with Gasteiger partial charge in [0.05, 0.1) is 10.7 Å². The SMILES string of the molecule is Cc1nc(C)c(CN2CCNCC2c2cccc(F)c2)s1.Cl. The molecule has 1 aromatic carbocycles. The van der Waals surface area contributed by atoms with Gasteiger partial charge in [0, 0.05) is 37.1 Å². The summed E-state index contributed by atoms with van der Waals surface area (Å²) in [4.78, 5) is 8.24. The molecule has 1 aliphatic heterocycles. The standard InChI is InChI=1S/C16H20FN3S.ClH/c1-11-16(21-12(2)19-11)10-20-7-6-18-9-15(20)13-4-3-5-14(17)8-13;/h3-5,8,15,18H,6-7,9-10H2,1-2H3;1H. The molecule has 1 fully saturated rings. The van der Waals surface area contributed by atoms with Crippen LogP contribution in [-0.4, -0.2) is 29.5 Å². The van der Waals surface area contributed by atoms with Crippen molar-refractivity contribution < 1.29 is 4.39 Å². The number of aryl methyl sites for hydroxylation is 2. The van der Waals surface area contributed by atoms with Gasteiger partial charge in [0.15, 0.2) is 0 Å². The molecule has 2 heterocycles. The van der Waals surface area contributed by atoms with E-state index in [0.717, 1.165) is 42.4 Å². The number of nitrogens with one attached hydrogen (secondary N) is 1. The van der Waals surface area contributed by atoms with Crippen LogP contribution in [0.1, 0.15) is 27.2 Å². The van der Waals surface area contributed by atoms with E-state index in [1.807, 2.05) is 13.0 Å². The Hall–Kier alpha value is -1.01. The zero-order chi connectivity index (χ0) is 14.8. The van der Waals surface area contributed by atoms with E-state index >= 15 is 0 Å². The van der Waals surface area contributed by atoms with E-state index < -0.39 is 0 Å². The molecule has 1 aromatic heterocycles. The van der Waals surface area contributed by atoms with Gasteiger partial charge < -0.3 is 5.32 Å². The molecule has 1 aliphatic rings. The smallest absolute Gasteiger partial charge is 0.123 e. The van der Waals surface area contributed by atoms with Crippen LogP contribution in [0.15, 0.2) is 24.3 Å². The number of thiazole rings is 1. The normalized spacial score (nSPS) is 19.0. The Labute approximate surface area is 141 Å². The number of rotatable bonds is 3. The van der Waals surface area contributed by atoms with Gasteiger partial charge in [-0.2, -0.15) is 0 Å². The number of aromatic nitrogens is 1. The first-order chi connectivity index (χ1) is 10.1. The minimum Gasteiger partial charge on any atom is -0.314 e. The predicted octanol–water partition coefficient (Wildman–Crippen LogP) is 3.47. The molecule has 0 amide bonds. The van der Waals surface area contributed by atoms with Crippen molar-refractivity contribution in [2.75, 3.05) is 19.6 Å². The molecule has 3 nitrogen and oxygen atoms in total. The third-order valence-corrected chi connectivity index (χ3v) is 4.99. The van der Waals surface area contributed by atoms with Gasteiger partial charge in [0.2, 0.25) is 0 Å². The summed E-state index contributed by atoms with van der Waals surface area (Å²) in [6, 6.07) is 7.17. The van der Waals surface area contributed by atoms with Crippen molar-refractivity contribution in [1.29, 1.82) is 0 Å². The van der Waals surface area contributed by atoms with Gasteiger partial charge in [-0.25, -0.2) is 9.37 Å². The highest BCUT2D eigenvalue weighted by Crippen LogP contribution is 2.27. The Kier molecular flexibility index (Phi) is 5.92. The fourth-order valence-electron chi connectivity index (χ4n) is 2.88. The van der Waals surface area contributed by atoms with Crippen LogP contribution in [0.5, 0.6) is 0 Å². The Morgan fingerprint density at radius 1 is 1.41 bits per heavy atom. The third kappa shape index (κ3) is 3.84. The van der Waals surface area contributed by atoms with E-state index in [0.29, 0.717) is 0 Å². The van der Waals surface area contributed by atoms with Gasteiger partial charge in [0.1, 0.15) is 5.82 Å². The summed E-state index contributed by atoms with van der Waals surface area (Å²) in [5.41, 5.74) is 2.16. The van der Waals surface area contributed by atoms with Crippen LogP contribution >= 0.6 is 23.7 Å². The van der Waals surface area contributed by atoms with Crippen LogP contribution in [0.25, 0.3) is 0 Å². The monoisotopic (exact) mass is 341 g/mol. The highest BCUT2D eigenvalue weighted by molar-refractivity contribution is 7.11. The first kappa shape index (κ1) is 17.3. The van der Waals surface area contributed by atoms with Crippen molar-refractivity contribution in [1.82, 2.24) is 15.2 Å². The molecule has 6 heteroatoms. The lowest BCUT2D eigenvalue weighted by Crippen LogP contribution is -2.45. The summed E-state index contributed by atoms with van der Waals surface area (Å²) in [6.45, 7) is 7.81. The topological polar surface area (TPSA) is 28.2 Å². The molecular weight excluding hydrogens is 321 g/mol. The zero-order valence-electron chi connectivity index (χ0n) is 12.8. The van der Waals surface area contributed by atoms with Gasteiger partial charge in [-0.05, 0) is 31.5 Å². The number of hydrogen-bond donors (Lipinski definition) is 1. The highest BCUT2D eigenvalue weighted by atomic mass is 35.5. The maximum atomic E-state index is 13.5. The van der Waals surface area contributed by atoms with Crippen molar-refractivity contribution in [3.8, 4) is 0 Å². The summed E-state index contributed by atoms with van der Waals surface area (Å²) in [6.07, 6.45) is 0. The number of benzene rings is 1. The number of piperazine rings is 1. The number of hydrogen-bond acceptors (Lipinski definition) is 4. The zero-order valence-corrected chi connectivity index (χ0v) is 14.4. The summed E-state index contributed by atoms with van der Waals surface area (Å²) < 4.78 is 13.5. The Morgan fingerprint density at radius 2 is 2.23 bits per heavy atom. The second-order valence-electron chi connectivity index (χ2n) is 5.49. The maximum absolute atomic E-state index is 13.5. The van der Waals surface area contributed by atoms with Crippen LogP contribution in [-0.2, 0) is 6.54 Å². The van der Waals surface area contributed by atoms with E-state index in [2.05, 4.69) is 22.1 Å². The van der Waals surface area contributed by atoms with E-state index in [9.17, 15) is 4.39 Å².